The molecule has 8 nitrogen and oxygen atoms in total. The van der Waals surface area contributed by atoms with E-state index in [4.69, 9.17) is 0 Å². The number of carbonyl (C=O) groups is 2. The number of amides is 2. The Morgan fingerprint density at radius 2 is 2.03 bits per heavy atom. The minimum Gasteiger partial charge on any atom is -0.356 e. The zero-order valence-corrected chi connectivity index (χ0v) is 18.1. The van der Waals surface area contributed by atoms with Gasteiger partial charge in [0, 0.05) is 56.7 Å². The van der Waals surface area contributed by atoms with Crippen LogP contribution >= 0.6 is 0 Å². The molecule has 1 aromatic carbocycles. The number of rotatable bonds is 7. The molecule has 2 aliphatic rings. The monoisotopic (exact) mass is 423 g/mol. The molecule has 1 unspecified atom stereocenters. The van der Waals surface area contributed by atoms with Gasteiger partial charge in [-0.3, -0.25) is 19.4 Å². The molecule has 4 rings (SSSR count). The summed E-state index contributed by atoms with van der Waals surface area (Å²) in [5, 5.41) is 3.16. The summed E-state index contributed by atoms with van der Waals surface area (Å²) in [4.78, 5) is 47.6. The second-order valence-electron chi connectivity index (χ2n) is 8.41. The van der Waals surface area contributed by atoms with Crippen molar-refractivity contribution in [1.29, 1.82) is 0 Å². The van der Waals surface area contributed by atoms with Gasteiger partial charge < -0.3 is 15.1 Å². The van der Waals surface area contributed by atoms with Gasteiger partial charge in [0.2, 0.25) is 17.8 Å². The highest BCUT2D eigenvalue weighted by Crippen LogP contribution is 2.33. The maximum atomic E-state index is 12.7. The predicted octanol–water partition coefficient (Wildman–Crippen LogP) is 2.33. The summed E-state index contributed by atoms with van der Waals surface area (Å²) in [7, 11) is 0. The maximum Gasteiger partial charge on any atom is 0.252 e. The highest BCUT2D eigenvalue weighted by molar-refractivity contribution is 5.97. The summed E-state index contributed by atoms with van der Waals surface area (Å²) < 4.78 is 0. The lowest BCUT2D eigenvalue weighted by molar-refractivity contribution is -0.127. The zero-order chi connectivity index (χ0) is 22.0. The van der Waals surface area contributed by atoms with Gasteiger partial charge in [-0.1, -0.05) is 12.1 Å². The Morgan fingerprint density at radius 3 is 2.81 bits per heavy atom. The van der Waals surface area contributed by atoms with E-state index in [9.17, 15) is 14.4 Å². The summed E-state index contributed by atoms with van der Waals surface area (Å²) in [6.45, 7) is 6.71. The quantitative estimate of drug-likeness (QED) is 0.666. The fraction of sp³-hybridized carbons (Fsp3) is 0.478. The molecule has 0 aliphatic carbocycles. The third kappa shape index (κ3) is 4.62. The van der Waals surface area contributed by atoms with Crippen LogP contribution in [-0.4, -0.2) is 52.9 Å². The fourth-order valence-electron chi connectivity index (χ4n) is 4.35. The number of aromatic amines is 1. The number of nitrogens with zero attached hydrogens (tertiary/aromatic N) is 3. The largest absolute Gasteiger partial charge is 0.356 e. The molecule has 164 valence electrons. The van der Waals surface area contributed by atoms with Crippen LogP contribution in [0.4, 0.5) is 11.6 Å². The first-order valence-electron chi connectivity index (χ1n) is 10.9. The van der Waals surface area contributed by atoms with Crippen molar-refractivity contribution in [3.63, 3.8) is 0 Å². The number of H-pyrrole nitrogens is 1. The molecule has 8 heteroatoms. The van der Waals surface area contributed by atoms with Gasteiger partial charge in [0.05, 0.1) is 5.69 Å². The first kappa shape index (κ1) is 21.1. The summed E-state index contributed by atoms with van der Waals surface area (Å²) in [6.07, 6.45) is 2.69. The van der Waals surface area contributed by atoms with E-state index in [1.165, 1.54) is 6.07 Å². The van der Waals surface area contributed by atoms with E-state index in [0.29, 0.717) is 44.1 Å². The van der Waals surface area contributed by atoms with Crippen molar-refractivity contribution in [3.05, 3.63) is 51.4 Å². The first-order valence-corrected chi connectivity index (χ1v) is 10.9. The highest BCUT2D eigenvalue weighted by Gasteiger charge is 2.33. The summed E-state index contributed by atoms with van der Waals surface area (Å²) >= 11 is 0. The van der Waals surface area contributed by atoms with Gasteiger partial charge in [-0.25, -0.2) is 4.98 Å². The first-order chi connectivity index (χ1) is 14.9. The van der Waals surface area contributed by atoms with Gasteiger partial charge >= 0.3 is 0 Å². The minimum absolute atomic E-state index is 0.0468. The zero-order valence-electron chi connectivity index (χ0n) is 18.1. The lowest BCUT2D eigenvalue weighted by Gasteiger charge is -2.20. The van der Waals surface area contributed by atoms with Crippen LogP contribution in [0.1, 0.15) is 48.4 Å². The molecule has 1 aromatic heterocycles. The van der Waals surface area contributed by atoms with Crippen molar-refractivity contribution >= 4 is 23.5 Å². The van der Waals surface area contributed by atoms with E-state index in [-0.39, 0.29) is 23.3 Å². The second-order valence-corrected chi connectivity index (χ2v) is 8.41. The number of hydrogen-bond donors (Lipinski definition) is 2. The smallest absolute Gasteiger partial charge is 0.252 e. The predicted molar refractivity (Wildman–Crippen MR) is 119 cm³/mol. The van der Waals surface area contributed by atoms with Crippen LogP contribution in [0, 0.1) is 13.8 Å². The van der Waals surface area contributed by atoms with E-state index in [1.807, 2.05) is 36.9 Å². The number of anilines is 2. The van der Waals surface area contributed by atoms with Crippen LogP contribution in [0.5, 0.6) is 0 Å². The number of carbonyl (C=O) groups excluding carboxylic acids is 2. The second kappa shape index (κ2) is 8.91. The average Bonchev–Trinajstić information content (AvgIpc) is 3.32. The van der Waals surface area contributed by atoms with E-state index < -0.39 is 0 Å². The van der Waals surface area contributed by atoms with Crippen molar-refractivity contribution in [1.82, 2.24) is 14.9 Å². The van der Waals surface area contributed by atoms with Crippen molar-refractivity contribution in [2.75, 3.05) is 36.4 Å². The third-order valence-corrected chi connectivity index (χ3v) is 6.24. The lowest BCUT2D eigenvalue weighted by Crippen LogP contribution is -2.27. The molecule has 1 atom stereocenters. The summed E-state index contributed by atoms with van der Waals surface area (Å²) in [5.41, 5.74) is 3.55. The standard InChI is InChI=1S/C23H29N5O3/c1-15-6-3-7-19(16(15)2)28-14-17(12-22(28)31)18-13-20(29)26-23(25-18)24-9-5-11-27-10-4-8-21(27)30/h3,6-7,13,17H,4-5,8-12,14H2,1-2H3,(H2,24,25,26,29). The van der Waals surface area contributed by atoms with Crippen molar-refractivity contribution in [3.8, 4) is 0 Å². The van der Waals surface area contributed by atoms with Crippen LogP contribution in [0.15, 0.2) is 29.1 Å². The Hall–Kier alpha value is -3.16. The van der Waals surface area contributed by atoms with E-state index in [2.05, 4.69) is 15.3 Å². The van der Waals surface area contributed by atoms with Gasteiger partial charge in [-0.05, 0) is 43.9 Å². The minimum atomic E-state index is -0.236. The molecule has 2 aliphatic heterocycles. The number of benzene rings is 1. The van der Waals surface area contributed by atoms with Gasteiger partial charge in [0.25, 0.3) is 5.56 Å². The maximum absolute atomic E-state index is 12.7. The molecule has 2 aromatic rings. The van der Waals surface area contributed by atoms with Crippen LogP contribution in [0.3, 0.4) is 0 Å². The topological polar surface area (TPSA) is 98.4 Å². The van der Waals surface area contributed by atoms with Gasteiger partial charge in [-0.2, -0.15) is 0 Å². The lowest BCUT2D eigenvalue weighted by atomic mass is 10.0. The third-order valence-electron chi connectivity index (χ3n) is 6.24. The molecule has 0 spiro atoms. The summed E-state index contributed by atoms with van der Waals surface area (Å²) in [6, 6.07) is 7.44. The molecule has 2 amide bonds. The van der Waals surface area contributed by atoms with Crippen LogP contribution in [0.2, 0.25) is 0 Å². The molecule has 0 saturated carbocycles. The Labute approximate surface area is 181 Å². The number of hydrogen-bond acceptors (Lipinski definition) is 5. The number of aromatic nitrogens is 2. The van der Waals surface area contributed by atoms with E-state index in [1.54, 1.807) is 4.90 Å². The Morgan fingerprint density at radius 1 is 1.19 bits per heavy atom. The normalized spacial score (nSPS) is 18.8. The molecule has 0 radical (unpaired) electrons. The molecular weight excluding hydrogens is 394 g/mol. The van der Waals surface area contributed by atoms with Gasteiger partial charge in [-0.15, -0.1) is 0 Å². The van der Waals surface area contributed by atoms with Crippen molar-refractivity contribution in [2.45, 2.75) is 45.4 Å². The van der Waals surface area contributed by atoms with Crippen LogP contribution in [0.25, 0.3) is 0 Å². The van der Waals surface area contributed by atoms with Crippen LogP contribution in [-0.2, 0) is 9.59 Å². The van der Waals surface area contributed by atoms with Crippen LogP contribution < -0.4 is 15.8 Å². The van der Waals surface area contributed by atoms with E-state index >= 15 is 0 Å². The summed E-state index contributed by atoms with van der Waals surface area (Å²) in [5.74, 6) is 0.545. The molecule has 0 bridgehead atoms. The van der Waals surface area contributed by atoms with Gasteiger partial charge in [0.1, 0.15) is 0 Å². The molecule has 31 heavy (non-hydrogen) atoms. The molecule has 2 fully saturated rings. The van der Waals surface area contributed by atoms with Gasteiger partial charge in [0.15, 0.2) is 0 Å². The highest BCUT2D eigenvalue weighted by atomic mass is 16.2. The average molecular weight is 424 g/mol. The Kier molecular flexibility index (Phi) is 6.06. The number of likely N-dealkylation sites (tertiary alicyclic amines) is 1. The number of nitrogens with one attached hydrogen (secondary N) is 2. The SMILES string of the molecule is Cc1cccc(N2CC(c3cc(=O)[nH]c(NCCCN4CCCC4=O)n3)CC2=O)c1C. The number of aryl methyl sites for hydroxylation is 1. The molecular formula is C23H29N5O3. The van der Waals surface area contributed by atoms with Crippen molar-refractivity contribution in [2.24, 2.45) is 0 Å². The molecule has 2 N–H and O–H groups in total. The Balaban J connectivity index is 1.41. The molecule has 2 saturated heterocycles. The van der Waals surface area contributed by atoms with Crippen molar-refractivity contribution < 1.29 is 9.59 Å². The Bertz CT molecular complexity index is 1050. The molecule has 3 heterocycles. The van der Waals surface area contributed by atoms with E-state index in [0.717, 1.165) is 36.2 Å². The fourth-order valence-corrected chi connectivity index (χ4v) is 4.35.